The van der Waals surface area contributed by atoms with Gasteiger partial charge in [0.05, 0.1) is 11.1 Å². The van der Waals surface area contributed by atoms with Crippen LogP contribution in [0.25, 0.3) is 10.9 Å². The predicted octanol–water partition coefficient (Wildman–Crippen LogP) is 5.21. The molecule has 0 bridgehead atoms. The van der Waals surface area contributed by atoms with Crippen molar-refractivity contribution >= 4 is 16.8 Å². The number of carbonyl (C=O) groups excluding carboxylic acids is 1. The second-order valence-electron chi connectivity index (χ2n) is 9.87. The van der Waals surface area contributed by atoms with E-state index >= 15 is 0 Å². The van der Waals surface area contributed by atoms with Gasteiger partial charge in [-0.15, -0.1) is 0 Å². The van der Waals surface area contributed by atoms with Crippen LogP contribution in [0.1, 0.15) is 48.2 Å². The Morgan fingerprint density at radius 3 is 2.75 bits per heavy atom. The maximum Gasteiger partial charge on any atom is 0.253 e. The lowest BCUT2D eigenvalue weighted by Crippen LogP contribution is -2.35. The van der Waals surface area contributed by atoms with Crippen LogP contribution < -0.4 is 10.6 Å². The van der Waals surface area contributed by atoms with Crippen molar-refractivity contribution in [3.63, 3.8) is 0 Å². The summed E-state index contributed by atoms with van der Waals surface area (Å²) in [5, 5.41) is 7.52. The molecule has 1 aliphatic carbocycles. The molecule has 0 aliphatic heterocycles. The Morgan fingerprint density at radius 2 is 1.98 bits per heavy atom. The Kier molecular flexibility index (Phi) is 11.3. The molecule has 4 rings (SSSR count). The number of aromatic nitrogens is 1. The number of nitrogens with zero attached hydrogens (tertiary/aromatic N) is 2. The Morgan fingerprint density at radius 1 is 1.10 bits per heavy atom. The minimum atomic E-state index is -0.0554. The predicted molar refractivity (Wildman–Crippen MR) is 161 cm³/mol. The van der Waals surface area contributed by atoms with Crippen LogP contribution in [0.2, 0.25) is 0 Å². The van der Waals surface area contributed by atoms with Gasteiger partial charge in [0, 0.05) is 49.9 Å². The molecule has 0 saturated heterocycles. The van der Waals surface area contributed by atoms with E-state index in [2.05, 4.69) is 57.5 Å². The molecule has 0 saturated carbocycles. The standard InChI is InChI=1S/C34H40N4O2/c1-3-21-37(24-19-35-20-25-40-30-16-9-6-10-17-30)22-12-23-38-27-32(31-18-11-15-29(4-2)33(31)38)34(39)36-26-28-13-7-5-8-14-28/h5-9,13-14,16,18,27,35H,3-4,12,19-26H2,1-2H3,(H,36,39). The molecule has 3 aromatic rings. The number of carbonyl (C=O) groups is 1. The zero-order chi connectivity index (χ0) is 28.0. The molecule has 1 heterocycles. The second-order valence-corrected chi connectivity index (χ2v) is 9.87. The molecule has 6 heteroatoms. The average molecular weight is 537 g/mol. The normalized spacial score (nSPS) is 12.1. The monoisotopic (exact) mass is 536 g/mol. The first-order chi connectivity index (χ1) is 19.7. The van der Waals surface area contributed by atoms with Crippen LogP contribution in [0.5, 0.6) is 0 Å². The summed E-state index contributed by atoms with van der Waals surface area (Å²) in [7, 11) is 0. The summed E-state index contributed by atoms with van der Waals surface area (Å²) in [6.45, 7) is 11.1. The minimum absolute atomic E-state index is 0.0554. The lowest BCUT2D eigenvalue weighted by Gasteiger charge is -2.22. The van der Waals surface area contributed by atoms with Crippen LogP contribution in [-0.2, 0) is 24.2 Å². The summed E-state index contributed by atoms with van der Waals surface area (Å²) < 4.78 is 7.93. The number of nitrogens with one attached hydrogen (secondary N) is 2. The van der Waals surface area contributed by atoms with Crippen molar-refractivity contribution in [3.8, 4) is 0 Å². The SMILES string of the molecule is CCCN(CCCn1cc(C(=O)NCc2ccccc2)c2cc#cc(CC)c21)CCNCCOC1=C=C=CC=C1. The Labute approximate surface area is 238 Å². The van der Waals surface area contributed by atoms with Crippen LogP contribution in [0.4, 0.5) is 0 Å². The number of allylic oxidation sites excluding steroid dienone is 3. The molecular formula is C34H40N4O2. The molecule has 1 aromatic heterocycles. The zero-order valence-electron chi connectivity index (χ0n) is 23.8. The van der Waals surface area contributed by atoms with E-state index in [1.54, 1.807) is 0 Å². The quantitative estimate of drug-likeness (QED) is 0.184. The summed E-state index contributed by atoms with van der Waals surface area (Å²) >= 11 is 0. The molecule has 0 radical (unpaired) electrons. The van der Waals surface area contributed by atoms with E-state index in [1.807, 2.05) is 60.8 Å². The van der Waals surface area contributed by atoms with Gasteiger partial charge in [-0.3, -0.25) is 4.79 Å². The van der Waals surface area contributed by atoms with Gasteiger partial charge in [0.25, 0.3) is 5.91 Å². The van der Waals surface area contributed by atoms with Crippen molar-refractivity contribution in [1.29, 1.82) is 0 Å². The van der Waals surface area contributed by atoms with Crippen molar-refractivity contribution in [1.82, 2.24) is 20.1 Å². The van der Waals surface area contributed by atoms with E-state index in [1.165, 1.54) is 0 Å². The van der Waals surface area contributed by atoms with E-state index < -0.39 is 0 Å². The van der Waals surface area contributed by atoms with E-state index in [0.717, 1.165) is 86.3 Å². The Bertz CT molecular complexity index is 1380. The van der Waals surface area contributed by atoms with E-state index in [-0.39, 0.29) is 5.91 Å². The number of benzene rings is 1. The summed E-state index contributed by atoms with van der Waals surface area (Å²) in [6.07, 6.45) is 10.6. The number of aryl methyl sites for hydroxylation is 2. The summed E-state index contributed by atoms with van der Waals surface area (Å²) in [6, 6.07) is 18.3. The molecule has 0 fully saturated rings. The van der Waals surface area contributed by atoms with Crippen LogP contribution in [0.3, 0.4) is 0 Å². The number of fused-ring (bicyclic) bond motifs is 1. The fraction of sp³-hybridized carbons (Fsp3) is 0.382. The van der Waals surface area contributed by atoms with Crippen molar-refractivity contribution < 1.29 is 9.53 Å². The molecule has 0 unspecified atom stereocenters. The Hall–Kier alpha value is -3.97. The molecule has 6 nitrogen and oxygen atoms in total. The second kappa shape index (κ2) is 15.6. The van der Waals surface area contributed by atoms with Crippen molar-refractivity contribution in [2.75, 3.05) is 39.3 Å². The minimum Gasteiger partial charge on any atom is -0.484 e. The topological polar surface area (TPSA) is 58.5 Å². The number of hydrogen-bond acceptors (Lipinski definition) is 4. The van der Waals surface area contributed by atoms with Gasteiger partial charge in [0.1, 0.15) is 6.61 Å². The van der Waals surface area contributed by atoms with Gasteiger partial charge in [-0.1, -0.05) is 62.0 Å². The highest BCUT2D eigenvalue weighted by Gasteiger charge is 2.17. The van der Waals surface area contributed by atoms with Crippen LogP contribution >= 0.6 is 0 Å². The fourth-order valence-electron chi connectivity index (χ4n) is 4.93. The summed E-state index contributed by atoms with van der Waals surface area (Å²) in [4.78, 5) is 15.7. The van der Waals surface area contributed by atoms with E-state index in [4.69, 9.17) is 4.74 Å². The van der Waals surface area contributed by atoms with Crippen molar-refractivity contribution in [2.24, 2.45) is 0 Å². The Balaban J connectivity index is 1.31. The highest BCUT2D eigenvalue weighted by atomic mass is 16.5. The van der Waals surface area contributed by atoms with Gasteiger partial charge < -0.3 is 24.8 Å². The van der Waals surface area contributed by atoms with Gasteiger partial charge >= 0.3 is 0 Å². The molecule has 1 amide bonds. The first-order valence-electron chi connectivity index (χ1n) is 14.4. The van der Waals surface area contributed by atoms with Gasteiger partial charge in [0.2, 0.25) is 0 Å². The van der Waals surface area contributed by atoms with Crippen LogP contribution in [0, 0.1) is 12.1 Å². The number of amides is 1. The first kappa shape index (κ1) is 29.0. The highest BCUT2D eigenvalue weighted by molar-refractivity contribution is 6.07. The maximum atomic E-state index is 13.2. The molecule has 0 atom stereocenters. The third kappa shape index (κ3) is 8.26. The molecular weight excluding hydrogens is 496 g/mol. The number of rotatable bonds is 17. The van der Waals surface area contributed by atoms with E-state index in [0.29, 0.717) is 18.7 Å². The maximum absolute atomic E-state index is 13.2. The molecule has 1 aliphatic rings. The van der Waals surface area contributed by atoms with Crippen molar-refractivity contribution in [2.45, 2.75) is 46.2 Å². The molecule has 40 heavy (non-hydrogen) atoms. The lowest BCUT2D eigenvalue weighted by atomic mass is 10.1. The molecule has 2 aromatic carbocycles. The summed E-state index contributed by atoms with van der Waals surface area (Å²) in [5.74, 6) is 0.674. The van der Waals surface area contributed by atoms with Gasteiger partial charge in [-0.2, -0.15) is 0 Å². The van der Waals surface area contributed by atoms with Crippen LogP contribution in [-0.4, -0.2) is 54.7 Å². The van der Waals surface area contributed by atoms with Crippen molar-refractivity contribution in [3.05, 3.63) is 107 Å². The van der Waals surface area contributed by atoms with Gasteiger partial charge in [-0.05, 0) is 67.9 Å². The zero-order valence-corrected chi connectivity index (χ0v) is 23.8. The van der Waals surface area contributed by atoms with E-state index in [9.17, 15) is 4.79 Å². The molecule has 0 spiro atoms. The van der Waals surface area contributed by atoms with Crippen LogP contribution in [0.15, 0.2) is 78.0 Å². The smallest absolute Gasteiger partial charge is 0.253 e. The summed E-state index contributed by atoms with van der Waals surface area (Å²) in [5.41, 5.74) is 9.85. The molecule has 208 valence electrons. The highest BCUT2D eigenvalue weighted by Crippen LogP contribution is 2.24. The molecule has 2 N–H and O–H groups in total. The van der Waals surface area contributed by atoms with Gasteiger partial charge in [0.15, 0.2) is 5.76 Å². The third-order valence-corrected chi connectivity index (χ3v) is 6.91. The van der Waals surface area contributed by atoms with Gasteiger partial charge in [-0.25, -0.2) is 0 Å². The number of ether oxygens (including phenoxy) is 1. The third-order valence-electron chi connectivity index (χ3n) is 6.91. The lowest BCUT2D eigenvalue weighted by molar-refractivity contribution is 0.0952. The number of hydrogen-bond donors (Lipinski definition) is 2. The average Bonchev–Trinajstić information content (AvgIpc) is 3.37. The first-order valence-corrected chi connectivity index (χ1v) is 14.4. The fourth-order valence-corrected chi connectivity index (χ4v) is 4.93. The largest absolute Gasteiger partial charge is 0.484 e.